The summed E-state index contributed by atoms with van der Waals surface area (Å²) >= 11 is 0. The summed E-state index contributed by atoms with van der Waals surface area (Å²) in [6.07, 6.45) is 1.28. The minimum absolute atomic E-state index is 0.409. The maximum Gasteiger partial charge on any atom is 0.333 e. The number of carbonyl (C=O) groups excluding carboxylic acids is 2. The smallest absolute Gasteiger partial charge is 0.333 e. The highest BCUT2D eigenvalue weighted by atomic mass is 17.2. The Morgan fingerprint density at radius 3 is 2.33 bits per heavy atom. The average Bonchev–Trinajstić information content (AvgIpc) is 2.07. The number of carboxylic acid groups (broad SMARTS) is 1. The molecule has 0 aliphatic heterocycles. The summed E-state index contributed by atoms with van der Waals surface area (Å²) < 4.78 is 4.42. The summed E-state index contributed by atoms with van der Waals surface area (Å²) in [5.74, 6) is -2.32. The second-order valence-corrected chi connectivity index (χ2v) is 3.55. The molecule has 0 N–H and O–H groups in total. The fourth-order valence-electron chi connectivity index (χ4n) is 0.467. The normalized spacial score (nSPS) is 11.7. The fraction of sp³-hybridized carbons (Fsp3) is 0.556. The SMILES string of the molecule is CC(C)(C)OOCOC(=O)/C=C/C(=O)[O-]. The number of esters is 1. The molecular weight excluding hydrogens is 204 g/mol. The van der Waals surface area contributed by atoms with Crippen molar-refractivity contribution in [2.45, 2.75) is 26.4 Å². The highest BCUT2D eigenvalue weighted by molar-refractivity contribution is 5.89. The van der Waals surface area contributed by atoms with Gasteiger partial charge in [-0.3, -0.25) is 0 Å². The van der Waals surface area contributed by atoms with Crippen molar-refractivity contribution in [3.8, 4) is 0 Å². The summed E-state index contributed by atoms with van der Waals surface area (Å²) in [4.78, 5) is 30.0. The van der Waals surface area contributed by atoms with Gasteiger partial charge in [-0.25, -0.2) is 9.68 Å². The van der Waals surface area contributed by atoms with Crippen molar-refractivity contribution in [2.24, 2.45) is 0 Å². The van der Waals surface area contributed by atoms with Gasteiger partial charge in [-0.05, 0) is 26.8 Å². The lowest BCUT2D eigenvalue weighted by molar-refractivity contribution is -0.375. The minimum Gasteiger partial charge on any atom is -0.545 e. The van der Waals surface area contributed by atoms with Crippen molar-refractivity contribution >= 4 is 11.9 Å². The third-order valence-electron chi connectivity index (χ3n) is 0.914. The van der Waals surface area contributed by atoms with E-state index >= 15 is 0 Å². The van der Waals surface area contributed by atoms with E-state index in [1.165, 1.54) is 0 Å². The molecule has 0 aliphatic rings. The zero-order valence-corrected chi connectivity index (χ0v) is 8.81. The van der Waals surface area contributed by atoms with E-state index in [0.717, 1.165) is 6.08 Å². The van der Waals surface area contributed by atoms with Crippen molar-refractivity contribution in [3.63, 3.8) is 0 Å². The lowest BCUT2D eigenvalue weighted by atomic mass is 10.2. The molecule has 0 fully saturated rings. The van der Waals surface area contributed by atoms with Gasteiger partial charge in [-0.2, -0.15) is 4.89 Å². The molecule has 0 aromatic carbocycles. The monoisotopic (exact) mass is 217 g/mol. The number of hydrogen-bond donors (Lipinski definition) is 0. The summed E-state index contributed by atoms with van der Waals surface area (Å²) in [6, 6.07) is 0. The molecule has 0 bridgehead atoms. The molecule has 6 heteroatoms. The van der Waals surface area contributed by atoms with Crippen molar-refractivity contribution in [2.75, 3.05) is 6.79 Å². The molecule has 0 aliphatic carbocycles. The quantitative estimate of drug-likeness (QED) is 0.155. The van der Waals surface area contributed by atoms with E-state index in [1.54, 1.807) is 20.8 Å². The van der Waals surface area contributed by atoms with Gasteiger partial charge in [0.2, 0.25) is 6.79 Å². The molecule has 0 aromatic rings. The van der Waals surface area contributed by atoms with E-state index in [2.05, 4.69) is 9.62 Å². The summed E-state index contributed by atoms with van der Waals surface area (Å²) in [7, 11) is 0. The number of carboxylic acids is 1. The third kappa shape index (κ3) is 10.5. The van der Waals surface area contributed by atoms with Gasteiger partial charge in [0.1, 0.15) is 0 Å². The van der Waals surface area contributed by atoms with Gasteiger partial charge in [0.15, 0.2) is 0 Å². The number of carbonyl (C=O) groups is 2. The van der Waals surface area contributed by atoms with E-state index in [-0.39, 0.29) is 0 Å². The lowest BCUT2D eigenvalue weighted by Crippen LogP contribution is -2.21. The zero-order chi connectivity index (χ0) is 11.9. The predicted molar refractivity (Wildman–Crippen MR) is 47.0 cm³/mol. The van der Waals surface area contributed by atoms with E-state index in [9.17, 15) is 14.7 Å². The van der Waals surface area contributed by atoms with E-state index < -0.39 is 24.3 Å². The summed E-state index contributed by atoms with van der Waals surface area (Å²) in [5.41, 5.74) is -0.507. The third-order valence-corrected chi connectivity index (χ3v) is 0.914. The largest absolute Gasteiger partial charge is 0.545 e. The van der Waals surface area contributed by atoms with Crippen molar-refractivity contribution in [1.29, 1.82) is 0 Å². The van der Waals surface area contributed by atoms with Crippen LogP contribution in [0.1, 0.15) is 20.8 Å². The van der Waals surface area contributed by atoms with Crippen LogP contribution >= 0.6 is 0 Å². The molecule has 6 nitrogen and oxygen atoms in total. The van der Waals surface area contributed by atoms with Crippen LogP contribution in [-0.4, -0.2) is 24.3 Å². The molecule has 0 unspecified atom stereocenters. The van der Waals surface area contributed by atoms with Gasteiger partial charge >= 0.3 is 5.97 Å². The highest BCUT2D eigenvalue weighted by Crippen LogP contribution is 2.06. The van der Waals surface area contributed by atoms with Crippen LogP contribution < -0.4 is 5.11 Å². The van der Waals surface area contributed by atoms with Crippen LogP contribution in [0.5, 0.6) is 0 Å². The Labute approximate surface area is 87.4 Å². The van der Waals surface area contributed by atoms with Gasteiger partial charge in [0, 0.05) is 6.08 Å². The topological polar surface area (TPSA) is 84.9 Å². The molecule has 15 heavy (non-hydrogen) atoms. The first-order valence-electron chi connectivity index (χ1n) is 4.18. The molecule has 0 amide bonds. The molecule has 0 radical (unpaired) electrons. The van der Waals surface area contributed by atoms with Crippen LogP contribution in [0.2, 0.25) is 0 Å². The first-order valence-corrected chi connectivity index (χ1v) is 4.18. The second kappa shape index (κ2) is 6.15. The Kier molecular flexibility index (Phi) is 5.58. The Morgan fingerprint density at radius 2 is 1.87 bits per heavy atom. The minimum atomic E-state index is -1.47. The predicted octanol–water partition coefficient (Wildman–Crippen LogP) is -0.460. The van der Waals surface area contributed by atoms with E-state index in [4.69, 9.17) is 4.89 Å². The maximum absolute atomic E-state index is 10.7. The number of hydrogen-bond acceptors (Lipinski definition) is 6. The molecule has 0 saturated heterocycles. The molecule has 0 heterocycles. The molecular formula is C9H13O6-. The Morgan fingerprint density at radius 1 is 1.27 bits per heavy atom. The fourth-order valence-corrected chi connectivity index (χ4v) is 0.467. The zero-order valence-electron chi connectivity index (χ0n) is 8.81. The van der Waals surface area contributed by atoms with E-state index in [1.807, 2.05) is 0 Å². The van der Waals surface area contributed by atoms with Crippen LogP contribution in [0.25, 0.3) is 0 Å². The molecule has 0 aromatic heterocycles. The van der Waals surface area contributed by atoms with Gasteiger partial charge in [-0.1, -0.05) is 0 Å². The second-order valence-electron chi connectivity index (χ2n) is 3.55. The lowest BCUT2D eigenvalue weighted by Gasteiger charge is -2.16. The summed E-state index contributed by atoms with van der Waals surface area (Å²) in [5, 5.41) is 9.90. The highest BCUT2D eigenvalue weighted by Gasteiger charge is 2.11. The number of rotatable bonds is 5. The Hall–Kier alpha value is -1.40. The Bertz CT molecular complexity index is 250. The first kappa shape index (κ1) is 13.6. The number of aliphatic carboxylic acids is 1. The molecule has 86 valence electrons. The van der Waals surface area contributed by atoms with Crippen LogP contribution in [0.15, 0.2) is 12.2 Å². The van der Waals surface area contributed by atoms with Gasteiger partial charge < -0.3 is 14.6 Å². The molecule has 0 rings (SSSR count). The van der Waals surface area contributed by atoms with Gasteiger partial charge in [-0.15, -0.1) is 0 Å². The van der Waals surface area contributed by atoms with E-state index in [0.29, 0.717) is 6.08 Å². The first-order chi connectivity index (χ1) is 6.81. The summed E-state index contributed by atoms with van der Waals surface area (Å²) in [6.45, 7) is 4.86. The number of ether oxygens (including phenoxy) is 1. The van der Waals surface area contributed by atoms with Crippen molar-refractivity contribution < 1.29 is 29.2 Å². The van der Waals surface area contributed by atoms with Crippen LogP contribution in [-0.2, 0) is 24.1 Å². The molecule has 0 spiro atoms. The molecule has 0 saturated carbocycles. The average molecular weight is 217 g/mol. The van der Waals surface area contributed by atoms with Crippen LogP contribution in [0, 0.1) is 0 Å². The maximum atomic E-state index is 10.7. The standard InChI is InChI=1S/C9H14O6/c1-9(2,3)15-14-6-13-8(12)5-4-7(10)11/h4-5H,6H2,1-3H3,(H,10,11)/p-1/b5-4+. The Balaban J connectivity index is 3.61. The van der Waals surface area contributed by atoms with Crippen molar-refractivity contribution in [3.05, 3.63) is 12.2 Å². The van der Waals surface area contributed by atoms with Crippen molar-refractivity contribution in [1.82, 2.24) is 0 Å². The molecule has 0 atom stereocenters. The van der Waals surface area contributed by atoms with Gasteiger partial charge in [0.25, 0.3) is 0 Å². The van der Waals surface area contributed by atoms with Crippen LogP contribution in [0.3, 0.4) is 0 Å². The van der Waals surface area contributed by atoms with Crippen LogP contribution in [0.4, 0.5) is 0 Å². The van der Waals surface area contributed by atoms with Gasteiger partial charge in [0.05, 0.1) is 11.6 Å².